The number of hydrogen-bond acceptors (Lipinski definition) is 3. The van der Waals surface area contributed by atoms with Crippen LogP contribution in [0.3, 0.4) is 0 Å². The molecule has 0 radical (unpaired) electrons. The lowest BCUT2D eigenvalue weighted by atomic mass is 9.90. The zero-order chi connectivity index (χ0) is 16.9. The number of carbonyl (C=O) groups is 2. The highest BCUT2D eigenvalue weighted by molar-refractivity contribution is 5.96. The molecule has 1 heterocycles. The van der Waals surface area contributed by atoms with Crippen molar-refractivity contribution in [3.05, 3.63) is 35.6 Å². The number of carbonyl (C=O) groups excluding carboxylic acids is 2. The van der Waals surface area contributed by atoms with Crippen LogP contribution in [-0.2, 0) is 9.53 Å². The van der Waals surface area contributed by atoms with Crippen molar-refractivity contribution in [1.29, 1.82) is 0 Å². The standard InChI is InChI=1S/C19H24FNO3/c20-15-10-8-14(9-11-15)17(22)5-3-7-19(23)21-12-13-24-18-6-2-1-4-16(18)21/h8-11,16,18H,1-7,12-13H2. The third-order valence-electron chi connectivity index (χ3n) is 5.01. The first kappa shape index (κ1) is 17.1. The molecule has 1 saturated carbocycles. The summed E-state index contributed by atoms with van der Waals surface area (Å²) in [4.78, 5) is 26.6. The van der Waals surface area contributed by atoms with Crippen molar-refractivity contribution < 1.29 is 18.7 Å². The van der Waals surface area contributed by atoms with E-state index < -0.39 is 0 Å². The van der Waals surface area contributed by atoms with Crippen molar-refractivity contribution in [3.63, 3.8) is 0 Å². The molecule has 2 fully saturated rings. The van der Waals surface area contributed by atoms with E-state index in [1.165, 1.54) is 30.7 Å². The summed E-state index contributed by atoms with van der Waals surface area (Å²) in [5, 5.41) is 0. The van der Waals surface area contributed by atoms with Gasteiger partial charge in [0.25, 0.3) is 0 Å². The van der Waals surface area contributed by atoms with E-state index in [-0.39, 0.29) is 29.7 Å². The molecular formula is C19H24FNO3. The van der Waals surface area contributed by atoms with Gasteiger partial charge in [0.1, 0.15) is 5.82 Å². The molecule has 5 heteroatoms. The number of Topliss-reactive ketones (excluding diaryl/α,β-unsaturated/α-hetero) is 1. The van der Waals surface area contributed by atoms with E-state index in [1.54, 1.807) is 0 Å². The Bertz CT molecular complexity index is 585. The van der Waals surface area contributed by atoms with Crippen LogP contribution in [0, 0.1) is 5.82 Å². The number of hydrogen-bond donors (Lipinski definition) is 0. The smallest absolute Gasteiger partial charge is 0.222 e. The molecule has 2 unspecified atom stereocenters. The van der Waals surface area contributed by atoms with Crippen LogP contribution >= 0.6 is 0 Å². The van der Waals surface area contributed by atoms with Gasteiger partial charge in [-0.15, -0.1) is 0 Å². The van der Waals surface area contributed by atoms with Gasteiger partial charge in [-0.1, -0.05) is 12.8 Å². The number of ether oxygens (including phenoxy) is 1. The molecule has 1 aromatic carbocycles. The summed E-state index contributed by atoms with van der Waals surface area (Å²) in [5.74, 6) is -0.265. The number of benzene rings is 1. The van der Waals surface area contributed by atoms with Gasteiger partial charge in [0.05, 0.1) is 18.8 Å². The minimum Gasteiger partial charge on any atom is -0.374 e. The Morgan fingerprint density at radius 2 is 1.88 bits per heavy atom. The Labute approximate surface area is 142 Å². The van der Waals surface area contributed by atoms with Crippen molar-refractivity contribution in [2.45, 2.75) is 57.1 Å². The first-order valence-electron chi connectivity index (χ1n) is 8.85. The second-order valence-electron chi connectivity index (χ2n) is 6.63. The van der Waals surface area contributed by atoms with Crippen LogP contribution in [0.4, 0.5) is 4.39 Å². The van der Waals surface area contributed by atoms with Crippen molar-refractivity contribution in [1.82, 2.24) is 4.90 Å². The van der Waals surface area contributed by atoms with E-state index in [2.05, 4.69) is 0 Å². The van der Waals surface area contributed by atoms with E-state index in [1.807, 2.05) is 4.90 Å². The number of rotatable bonds is 5. The first-order valence-corrected chi connectivity index (χ1v) is 8.85. The summed E-state index contributed by atoms with van der Waals surface area (Å²) in [6.45, 7) is 1.27. The first-order chi connectivity index (χ1) is 11.6. The van der Waals surface area contributed by atoms with Crippen LogP contribution in [0.25, 0.3) is 0 Å². The Hall–Kier alpha value is -1.75. The SMILES string of the molecule is O=C(CCCC(=O)N1CCOC2CCCCC21)c1ccc(F)cc1. The number of amides is 1. The maximum Gasteiger partial charge on any atom is 0.222 e. The van der Waals surface area contributed by atoms with Gasteiger partial charge in [0.2, 0.25) is 5.91 Å². The van der Waals surface area contributed by atoms with Gasteiger partial charge in [-0.05, 0) is 43.5 Å². The van der Waals surface area contributed by atoms with Crippen molar-refractivity contribution in [3.8, 4) is 0 Å². The lowest BCUT2D eigenvalue weighted by Gasteiger charge is -2.43. The molecule has 1 saturated heterocycles. The molecule has 2 aliphatic rings. The van der Waals surface area contributed by atoms with Crippen molar-refractivity contribution in [2.24, 2.45) is 0 Å². The minimum absolute atomic E-state index is 0.0414. The fourth-order valence-electron chi connectivity index (χ4n) is 3.73. The summed E-state index contributed by atoms with van der Waals surface area (Å²) in [7, 11) is 0. The highest BCUT2D eigenvalue weighted by atomic mass is 19.1. The van der Waals surface area contributed by atoms with Gasteiger partial charge in [-0.3, -0.25) is 9.59 Å². The summed E-state index contributed by atoms with van der Waals surface area (Å²) >= 11 is 0. The van der Waals surface area contributed by atoms with Gasteiger partial charge in [0, 0.05) is 24.9 Å². The van der Waals surface area contributed by atoms with Crippen LogP contribution in [0.5, 0.6) is 0 Å². The van der Waals surface area contributed by atoms with Crippen molar-refractivity contribution >= 4 is 11.7 Å². The van der Waals surface area contributed by atoms with E-state index in [4.69, 9.17) is 4.74 Å². The van der Waals surface area contributed by atoms with Crippen LogP contribution < -0.4 is 0 Å². The normalized spacial score (nSPS) is 23.6. The average molecular weight is 333 g/mol. The van der Waals surface area contributed by atoms with Crippen LogP contribution in [0.2, 0.25) is 0 Å². The third kappa shape index (κ3) is 4.01. The van der Waals surface area contributed by atoms with Crippen LogP contribution in [0.15, 0.2) is 24.3 Å². The predicted octanol–water partition coefficient (Wildman–Crippen LogP) is 3.35. The molecule has 0 aromatic heterocycles. The van der Waals surface area contributed by atoms with Gasteiger partial charge in [-0.2, -0.15) is 0 Å². The molecule has 0 spiro atoms. The maximum atomic E-state index is 12.9. The topological polar surface area (TPSA) is 46.6 Å². The molecule has 1 amide bonds. The van der Waals surface area contributed by atoms with E-state index in [0.717, 1.165) is 19.3 Å². The zero-order valence-electron chi connectivity index (χ0n) is 13.9. The highest BCUT2D eigenvalue weighted by Crippen LogP contribution is 2.29. The lowest BCUT2D eigenvalue weighted by Crippen LogP contribution is -2.54. The van der Waals surface area contributed by atoms with Gasteiger partial charge in [-0.25, -0.2) is 4.39 Å². The molecule has 0 bridgehead atoms. The van der Waals surface area contributed by atoms with E-state index in [0.29, 0.717) is 38.0 Å². The summed E-state index contributed by atoms with van der Waals surface area (Å²) in [5.41, 5.74) is 0.502. The predicted molar refractivity (Wildman–Crippen MR) is 88.3 cm³/mol. The number of fused-ring (bicyclic) bond motifs is 1. The number of halogens is 1. The summed E-state index contributed by atoms with van der Waals surface area (Å²) < 4.78 is 18.7. The molecule has 1 aliphatic heterocycles. The Morgan fingerprint density at radius 1 is 1.12 bits per heavy atom. The van der Waals surface area contributed by atoms with Crippen LogP contribution in [-0.4, -0.2) is 41.9 Å². The third-order valence-corrected chi connectivity index (χ3v) is 5.01. The Morgan fingerprint density at radius 3 is 2.67 bits per heavy atom. The number of ketones is 1. The zero-order valence-corrected chi connectivity index (χ0v) is 13.9. The maximum absolute atomic E-state index is 12.9. The lowest BCUT2D eigenvalue weighted by molar-refractivity contribution is -0.149. The fraction of sp³-hybridized carbons (Fsp3) is 0.579. The summed E-state index contributed by atoms with van der Waals surface area (Å²) in [6.07, 6.45) is 5.81. The number of morpholine rings is 1. The molecule has 0 N–H and O–H groups in total. The fourth-order valence-corrected chi connectivity index (χ4v) is 3.73. The van der Waals surface area contributed by atoms with Gasteiger partial charge < -0.3 is 9.64 Å². The van der Waals surface area contributed by atoms with Gasteiger partial charge >= 0.3 is 0 Å². The molecule has 130 valence electrons. The second kappa shape index (κ2) is 7.88. The Kier molecular flexibility index (Phi) is 5.61. The molecule has 24 heavy (non-hydrogen) atoms. The van der Waals surface area contributed by atoms with E-state index >= 15 is 0 Å². The Balaban J connectivity index is 1.48. The molecule has 2 atom stereocenters. The second-order valence-corrected chi connectivity index (χ2v) is 6.63. The minimum atomic E-state index is -0.351. The number of nitrogens with zero attached hydrogens (tertiary/aromatic N) is 1. The van der Waals surface area contributed by atoms with Crippen LogP contribution in [0.1, 0.15) is 55.3 Å². The average Bonchev–Trinajstić information content (AvgIpc) is 2.61. The quantitative estimate of drug-likeness (QED) is 0.776. The largest absolute Gasteiger partial charge is 0.374 e. The van der Waals surface area contributed by atoms with Crippen molar-refractivity contribution in [2.75, 3.05) is 13.2 Å². The summed E-state index contributed by atoms with van der Waals surface area (Å²) in [6, 6.07) is 5.78. The van der Waals surface area contributed by atoms with Gasteiger partial charge in [0.15, 0.2) is 5.78 Å². The molecule has 4 nitrogen and oxygen atoms in total. The monoisotopic (exact) mass is 333 g/mol. The molecule has 1 aliphatic carbocycles. The van der Waals surface area contributed by atoms with E-state index in [9.17, 15) is 14.0 Å². The highest BCUT2D eigenvalue weighted by Gasteiger charge is 2.36. The molecule has 3 rings (SSSR count). The molecular weight excluding hydrogens is 309 g/mol. The molecule has 1 aromatic rings.